The third-order valence-electron chi connectivity index (χ3n) is 4.19. The molecule has 0 unspecified atom stereocenters. The van der Waals surface area contributed by atoms with E-state index in [0.717, 1.165) is 50.5 Å². The van der Waals surface area contributed by atoms with Crippen LogP contribution in [0.4, 0.5) is 0 Å². The van der Waals surface area contributed by atoms with E-state index in [-0.39, 0.29) is 0 Å². The number of nitrogens with zero attached hydrogens (tertiary/aromatic N) is 4. The van der Waals surface area contributed by atoms with Crippen LogP contribution < -0.4 is 0 Å². The van der Waals surface area contributed by atoms with Crippen LogP contribution >= 0.6 is 12.0 Å². The van der Waals surface area contributed by atoms with Gasteiger partial charge in [-0.2, -0.15) is 9.43 Å². The number of hydrogen-bond donors (Lipinski definition) is 0. The van der Waals surface area contributed by atoms with E-state index in [1.807, 2.05) is 73.3 Å². The molecule has 0 N–H and O–H groups in total. The predicted octanol–water partition coefficient (Wildman–Crippen LogP) is 4.59. The monoisotopic (exact) mass is 378 g/mol. The largest absolute Gasteiger partial charge is 0.264 e. The molecule has 27 heavy (non-hydrogen) atoms. The van der Waals surface area contributed by atoms with Crippen molar-refractivity contribution in [2.45, 2.75) is 11.8 Å². The van der Waals surface area contributed by atoms with Crippen molar-refractivity contribution >= 4 is 23.1 Å². The highest BCUT2D eigenvalue weighted by Gasteiger charge is 2.17. The van der Waals surface area contributed by atoms with Crippen molar-refractivity contribution in [3.8, 4) is 22.6 Å². The van der Waals surface area contributed by atoms with Gasteiger partial charge in [-0.25, -0.2) is 14.9 Å². The van der Waals surface area contributed by atoms with Crippen LogP contribution in [-0.2, 0) is 16.3 Å². The molecule has 7 heteroatoms. The molecule has 136 valence electrons. The number of aromatic nitrogens is 4. The third kappa shape index (κ3) is 3.44. The maximum Gasteiger partial charge on any atom is 0.160 e. The summed E-state index contributed by atoms with van der Waals surface area (Å²) in [4.78, 5) is 15.3. The Hall–Kier alpha value is -2.74. The van der Waals surface area contributed by atoms with Gasteiger partial charge in [0.25, 0.3) is 0 Å². The number of rotatable bonds is 5. The normalized spacial score (nSPS) is 11.2. The summed E-state index contributed by atoms with van der Waals surface area (Å²) in [5.74, 6) is 0.681. The van der Waals surface area contributed by atoms with Gasteiger partial charge >= 0.3 is 0 Å². The van der Waals surface area contributed by atoms with Crippen molar-refractivity contribution in [1.29, 1.82) is 0 Å². The Labute approximate surface area is 161 Å². The molecule has 2 aromatic heterocycles. The van der Waals surface area contributed by atoms with Crippen molar-refractivity contribution in [2.24, 2.45) is 7.05 Å². The Morgan fingerprint density at radius 1 is 0.963 bits per heavy atom. The molecule has 4 aromatic rings. The number of benzene rings is 2. The first-order chi connectivity index (χ1) is 13.2. The Kier molecular flexibility index (Phi) is 4.89. The SMILES string of the molecule is COOSc1cccc(-c2nc(-c3ccccc3)nc3c(C)nn(C)c23)c1. The molecular formula is C20H18N4O2S. The first kappa shape index (κ1) is 17.7. The molecule has 0 aliphatic heterocycles. The van der Waals surface area contributed by atoms with E-state index in [0.29, 0.717) is 5.82 Å². The van der Waals surface area contributed by atoms with Crippen molar-refractivity contribution < 1.29 is 9.22 Å². The molecule has 0 saturated carbocycles. The lowest BCUT2D eigenvalue weighted by molar-refractivity contribution is -0.160. The van der Waals surface area contributed by atoms with Crippen LogP contribution in [0, 0.1) is 6.92 Å². The number of aryl methyl sites for hydroxylation is 2. The zero-order valence-electron chi connectivity index (χ0n) is 15.2. The van der Waals surface area contributed by atoms with Crippen molar-refractivity contribution in [1.82, 2.24) is 19.7 Å². The third-order valence-corrected chi connectivity index (χ3v) is 4.84. The predicted molar refractivity (Wildman–Crippen MR) is 106 cm³/mol. The van der Waals surface area contributed by atoms with Crippen molar-refractivity contribution in [3.05, 3.63) is 60.3 Å². The van der Waals surface area contributed by atoms with Gasteiger partial charge in [0.1, 0.15) is 16.7 Å². The van der Waals surface area contributed by atoms with E-state index in [9.17, 15) is 0 Å². The molecule has 2 heterocycles. The van der Waals surface area contributed by atoms with Gasteiger partial charge in [-0.05, 0) is 19.1 Å². The van der Waals surface area contributed by atoms with E-state index >= 15 is 0 Å². The molecule has 0 aliphatic carbocycles. The van der Waals surface area contributed by atoms with Crippen LogP contribution in [0.2, 0.25) is 0 Å². The second-order valence-corrected chi connectivity index (χ2v) is 6.79. The quantitative estimate of drug-likeness (QED) is 0.287. The van der Waals surface area contributed by atoms with E-state index in [4.69, 9.17) is 14.3 Å². The summed E-state index contributed by atoms with van der Waals surface area (Å²) in [5.41, 5.74) is 5.40. The molecule has 0 fully saturated rings. The van der Waals surface area contributed by atoms with E-state index in [1.54, 1.807) is 0 Å². The summed E-state index contributed by atoms with van der Waals surface area (Å²) in [6.45, 7) is 1.96. The smallest absolute Gasteiger partial charge is 0.160 e. The summed E-state index contributed by atoms with van der Waals surface area (Å²) in [5, 5.41) is 4.55. The van der Waals surface area contributed by atoms with E-state index < -0.39 is 0 Å². The summed E-state index contributed by atoms with van der Waals surface area (Å²) >= 11 is 1.16. The van der Waals surface area contributed by atoms with Gasteiger partial charge in [0.15, 0.2) is 5.82 Å². The van der Waals surface area contributed by atoms with Crippen LogP contribution in [0.25, 0.3) is 33.7 Å². The van der Waals surface area contributed by atoms with Crippen LogP contribution in [-0.4, -0.2) is 26.9 Å². The standard InChI is InChI=1S/C20H18N4O2S/c1-13-17-19(24(2)23-13)18(15-10-7-11-16(12-15)27-26-25-3)22-20(21-17)14-8-5-4-6-9-14/h4-12H,1-3H3. The minimum Gasteiger partial charge on any atom is -0.264 e. The summed E-state index contributed by atoms with van der Waals surface area (Å²) < 4.78 is 6.82. The molecule has 0 spiro atoms. The second kappa shape index (κ2) is 7.48. The second-order valence-electron chi connectivity index (χ2n) is 6.01. The molecule has 6 nitrogen and oxygen atoms in total. The Morgan fingerprint density at radius 2 is 1.74 bits per heavy atom. The molecule has 4 rings (SSSR count). The molecule has 0 saturated heterocycles. The molecule has 2 aromatic carbocycles. The molecule has 0 aliphatic rings. The fourth-order valence-electron chi connectivity index (χ4n) is 3.02. The fraction of sp³-hybridized carbons (Fsp3) is 0.150. The zero-order valence-corrected chi connectivity index (χ0v) is 16.0. The van der Waals surface area contributed by atoms with Crippen molar-refractivity contribution in [3.63, 3.8) is 0 Å². The van der Waals surface area contributed by atoms with E-state index in [1.165, 1.54) is 7.11 Å². The lowest BCUT2D eigenvalue weighted by Crippen LogP contribution is -1.98. The lowest BCUT2D eigenvalue weighted by Gasteiger charge is -2.09. The molecule has 0 radical (unpaired) electrons. The molecule has 0 amide bonds. The average molecular weight is 378 g/mol. The van der Waals surface area contributed by atoms with Gasteiger partial charge in [0.2, 0.25) is 0 Å². The van der Waals surface area contributed by atoms with Gasteiger partial charge in [0.05, 0.1) is 24.8 Å². The van der Waals surface area contributed by atoms with Crippen molar-refractivity contribution in [2.75, 3.05) is 7.11 Å². The molecule has 0 bridgehead atoms. The summed E-state index contributed by atoms with van der Waals surface area (Å²) in [6, 6.07) is 17.9. The highest BCUT2D eigenvalue weighted by atomic mass is 32.2. The van der Waals surface area contributed by atoms with Crippen LogP contribution in [0.15, 0.2) is 59.5 Å². The fourth-order valence-corrected chi connectivity index (χ4v) is 3.48. The van der Waals surface area contributed by atoms with Gasteiger partial charge in [-0.15, -0.1) is 0 Å². The van der Waals surface area contributed by atoms with Gasteiger partial charge in [0, 0.05) is 23.1 Å². The van der Waals surface area contributed by atoms with Gasteiger partial charge in [-0.1, -0.05) is 42.5 Å². The molecule has 0 atom stereocenters. The average Bonchev–Trinajstić information content (AvgIpc) is 3.00. The van der Waals surface area contributed by atoms with Crippen LogP contribution in [0.5, 0.6) is 0 Å². The summed E-state index contributed by atoms with van der Waals surface area (Å²) in [7, 11) is 3.40. The van der Waals surface area contributed by atoms with Crippen LogP contribution in [0.1, 0.15) is 5.69 Å². The first-order valence-corrected chi connectivity index (χ1v) is 9.16. The number of hydrogen-bond acceptors (Lipinski definition) is 6. The van der Waals surface area contributed by atoms with Crippen LogP contribution in [0.3, 0.4) is 0 Å². The minimum atomic E-state index is 0.681. The lowest BCUT2D eigenvalue weighted by atomic mass is 10.1. The highest BCUT2D eigenvalue weighted by Crippen LogP contribution is 2.32. The van der Waals surface area contributed by atoms with E-state index in [2.05, 4.69) is 9.99 Å². The van der Waals surface area contributed by atoms with Gasteiger partial charge < -0.3 is 0 Å². The van der Waals surface area contributed by atoms with Gasteiger partial charge in [-0.3, -0.25) is 4.68 Å². The zero-order chi connectivity index (χ0) is 18.8. The molecular weight excluding hydrogens is 360 g/mol. The Bertz CT molecular complexity index is 1100. The Balaban J connectivity index is 1.94. The maximum atomic E-state index is 4.99. The first-order valence-electron chi connectivity index (χ1n) is 8.42. The highest BCUT2D eigenvalue weighted by molar-refractivity contribution is 7.94. The maximum absolute atomic E-state index is 4.99. The number of fused-ring (bicyclic) bond motifs is 1. The Morgan fingerprint density at radius 3 is 2.52 bits per heavy atom. The summed E-state index contributed by atoms with van der Waals surface area (Å²) in [6.07, 6.45) is 0. The topological polar surface area (TPSA) is 62.1 Å². The minimum absolute atomic E-state index is 0.681.